The van der Waals surface area contributed by atoms with Gasteiger partial charge in [-0.3, -0.25) is 0 Å². The van der Waals surface area contributed by atoms with E-state index in [0.29, 0.717) is 23.3 Å². The Kier molecular flexibility index (Phi) is 8.50. The molecule has 0 unspecified atom stereocenters. The summed E-state index contributed by atoms with van der Waals surface area (Å²) in [5.41, 5.74) is 7.30. The number of hydrogen-bond acceptors (Lipinski definition) is 2. The second-order valence-corrected chi connectivity index (χ2v) is 11.9. The molecule has 2 aromatic carbocycles. The lowest BCUT2D eigenvalue weighted by atomic mass is 9.67. The zero-order valence-corrected chi connectivity index (χ0v) is 22.8. The van der Waals surface area contributed by atoms with Crippen molar-refractivity contribution in [1.82, 2.24) is 0 Å². The average molecular weight is 477 g/mol. The van der Waals surface area contributed by atoms with Crippen molar-refractivity contribution >= 4 is 0 Å². The predicted molar refractivity (Wildman–Crippen MR) is 148 cm³/mol. The summed E-state index contributed by atoms with van der Waals surface area (Å²) in [7, 11) is 0. The van der Waals surface area contributed by atoms with Crippen LogP contribution in [0.4, 0.5) is 0 Å². The first-order chi connectivity index (χ1) is 16.8. The second kappa shape index (κ2) is 11.4. The fourth-order valence-corrected chi connectivity index (χ4v) is 7.23. The number of unbranched alkanes of at least 4 members (excludes halogenated alkanes) is 2. The van der Waals surface area contributed by atoms with Gasteiger partial charge < -0.3 is 10.2 Å². The smallest absolute Gasteiger partial charge is 0.119 e. The molecule has 0 aliphatic heterocycles. The Balaban J connectivity index is 1.83. The molecule has 2 aliphatic rings. The van der Waals surface area contributed by atoms with Crippen LogP contribution >= 0.6 is 0 Å². The molecule has 0 amide bonds. The van der Waals surface area contributed by atoms with Crippen molar-refractivity contribution in [2.75, 3.05) is 0 Å². The topological polar surface area (TPSA) is 40.5 Å². The van der Waals surface area contributed by atoms with E-state index < -0.39 is 0 Å². The molecule has 2 aliphatic carbocycles. The summed E-state index contributed by atoms with van der Waals surface area (Å²) in [4.78, 5) is 0. The summed E-state index contributed by atoms with van der Waals surface area (Å²) in [5.74, 6) is 1.92. The molecule has 0 aromatic heterocycles. The van der Waals surface area contributed by atoms with Crippen LogP contribution in [0.2, 0.25) is 0 Å². The molecule has 2 saturated carbocycles. The minimum atomic E-state index is -0.141. The molecule has 0 heterocycles. The maximum absolute atomic E-state index is 11.0. The number of rotatable bonds is 8. The number of hydrogen-bond donors (Lipinski definition) is 2. The molecular weight excluding hydrogens is 428 g/mol. The highest BCUT2D eigenvalue weighted by molar-refractivity contribution is 5.54. The standard InChI is InChI=1S/C33H48O2/c1-5-6-13-18-33(4,29-21-27(31(34)19-23(29)2)25-14-9-7-10-15-25)30-22-28(32(35)20-24(30)3)26-16-11-8-12-17-26/h19-22,25-26,34-35H,5-18H2,1-4H3. The second-order valence-electron chi connectivity index (χ2n) is 11.9. The number of phenolic OH excluding ortho intramolecular Hbond substituents is 2. The van der Waals surface area contributed by atoms with Gasteiger partial charge in [0, 0.05) is 5.41 Å². The first-order valence-corrected chi connectivity index (χ1v) is 14.5. The lowest BCUT2D eigenvalue weighted by molar-refractivity contribution is 0.408. The number of aryl methyl sites for hydroxylation is 2. The minimum absolute atomic E-state index is 0.141. The highest BCUT2D eigenvalue weighted by Crippen LogP contribution is 2.47. The van der Waals surface area contributed by atoms with E-state index in [1.54, 1.807) is 0 Å². The maximum Gasteiger partial charge on any atom is 0.119 e. The van der Waals surface area contributed by atoms with Crippen molar-refractivity contribution in [2.45, 2.75) is 135 Å². The lowest BCUT2D eigenvalue weighted by Crippen LogP contribution is -2.27. The van der Waals surface area contributed by atoms with E-state index in [4.69, 9.17) is 0 Å². The average Bonchev–Trinajstić information content (AvgIpc) is 2.85. The number of benzene rings is 2. The zero-order chi connectivity index (χ0) is 25.0. The Labute approximate surface area is 214 Å². The van der Waals surface area contributed by atoms with E-state index >= 15 is 0 Å². The van der Waals surface area contributed by atoms with Crippen LogP contribution in [0.1, 0.15) is 149 Å². The van der Waals surface area contributed by atoms with Gasteiger partial charge in [0.25, 0.3) is 0 Å². The zero-order valence-electron chi connectivity index (χ0n) is 22.8. The van der Waals surface area contributed by atoms with E-state index in [9.17, 15) is 10.2 Å². The number of aromatic hydroxyl groups is 2. The van der Waals surface area contributed by atoms with E-state index in [2.05, 4.69) is 39.8 Å². The summed E-state index contributed by atoms with van der Waals surface area (Å²) in [6.45, 7) is 9.05. The molecule has 192 valence electrons. The first kappa shape index (κ1) is 26.1. The highest BCUT2D eigenvalue weighted by atomic mass is 16.3. The van der Waals surface area contributed by atoms with Crippen LogP contribution in [0.25, 0.3) is 0 Å². The van der Waals surface area contributed by atoms with Crippen molar-refractivity contribution in [3.63, 3.8) is 0 Å². The molecule has 2 nitrogen and oxygen atoms in total. The third kappa shape index (κ3) is 5.57. The van der Waals surface area contributed by atoms with E-state index in [-0.39, 0.29) is 5.41 Å². The highest BCUT2D eigenvalue weighted by Gasteiger charge is 2.34. The van der Waals surface area contributed by atoms with Gasteiger partial charge in [-0.05, 0) is 103 Å². The monoisotopic (exact) mass is 476 g/mol. The van der Waals surface area contributed by atoms with Crippen LogP contribution in [0.15, 0.2) is 24.3 Å². The predicted octanol–water partition coefficient (Wildman–Crippen LogP) is 9.70. The van der Waals surface area contributed by atoms with E-state index in [1.165, 1.54) is 106 Å². The van der Waals surface area contributed by atoms with Crippen LogP contribution in [-0.4, -0.2) is 10.2 Å². The van der Waals surface area contributed by atoms with Crippen LogP contribution in [0, 0.1) is 13.8 Å². The molecule has 0 bridgehead atoms. The lowest BCUT2D eigenvalue weighted by Gasteiger charge is -2.36. The normalized spacial score (nSPS) is 18.2. The van der Waals surface area contributed by atoms with Gasteiger partial charge in [0.1, 0.15) is 11.5 Å². The Bertz CT molecular complexity index is 919. The van der Waals surface area contributed by atoms with E-state index in [1.807, 2.05) is 12.1 Å². The van der Waals surface area contributed by atoms with Crippen molar-refractivity contribution in [1.29, 1.82) is 0 Å². The molecule has 0 radical (unpaired) electrons. The Morgan fingerprint density at radius 2 is 1.11 bits per heavy atom. The van der Waals surface area contributed by atoms with Gasteiger partial charge in [-0.1, -0.05) is 83.8 Å². The van der Waals surface area contributed by atoms with Crippen LogP contribution < -0.4 is 0 Å². The molecular formula is C33H48O2. The van der Waals surface area contributed by atoms with Crippen molar-refractivity contribution in [3.05, 3.63) is 57.6 Å². The van der Waals surface area contributed by atoms with Gasteiger partial charge in [-0.2, -0.15) is 0 Å². The fourth-order valence-electron chi connectivity index (χ4n) is 7.23. The van der Waals surface area contributed by atoms with Gasteiger partial charge in [0.2, 0.25) is 0 Å². The molecule has 4 rings (SSSR count). The first-order valence-electron chi connectivity index (χ1n) is 14.5. The summed E-state index contributed by atoms with van der Waals surface area (Å²) in [6, 6.07) is 8.82. The van der Waals surface area contributed by atoms with Crippen LogP contribution in [-0.2, 0) is 5.41 Å². The Hall–Kier alpha value is -1.96. The third-order valence-electron chi connectivity index (χ3n) is 9.31. The van der Waals surface area contributed by atoms with Gasteiger partial charge in [-0.25, -0.2) is 0 Å². The summed E-state index contributed by atoms with van der Waals surface area (Å²) >= 11 is 0. The van der Waals surface area contributed by atoms with Crippen molar-refractivity contribution in [2.24, 2.45) is 0 Å². The molecule has 2 aromatic rings. The molecule has 0 atom stereocenters. The molecule has 35 heavy (non-hydrogen) atoms. The van der Waals surface area contributed by atoms with Gasteiger partial charge in [0.15, 0.2) is 0 Å². The minimum Gasteiger partial charge on any atom is -0.508 e. The maximum atomic E-state index is 11.0. The van der Waals surface area contributed by atoms with Gasteiger partial charge in [-0.15, -0.1) is 0 Å². The molecule has 2 heteroatoms. The molecule has 0 spiro atoms. The third-order valence-corrected chi connectivity index (χ3v) is 9.31. The molecule has 2 fully saturated rings. The van der Waals surface area contributed by atoms with Crippen molar-refractivity contribution in [3.8, 4) is 11.5 Å². The SMILES string of the molecule is CCCCCC(C)(c1cc(C2CCCCC2)c(O)cc1C)c1cc(C2CCCCC2)c(O)cc1C. The Morgan fingerprint density at radius 1 is 0.686 bits per heavy atom. The van der Waals surface area contributed by atoms with Crippen molar-refractivity contribution < 1.29 is 10.2 Å². The van der Waals surface area contributed by atoms with Crippen LogP contribution in [0.3, 0.4) is 0 Å². The summed E-state index contributed by atoms with van der Waals surface area (Å²) < 4.78 is 0. The molecule has 2 N–H and O–H groups in total. The fraction of sp³-hybridized carbons (Fsp3) is 0.636. The van der Waals surface area contributed by atoms with Crippen LogP contribution in [0.5, 0.6) is 11.5 Å². The quantitative estimate of drug-likeness (QED) is 0.372. The summed E-state index contributed by atoms with van der Waals surface area (Å²) in [6.07, 6.45) is 17.2. The largest absolute Gasteiger partial charge is 0.508 e. The van der Waals surface area contributed by atoms with E-state index in [0.717, 1.165) is 17.5 Å². The summed E-state index contributed by atoms with van der Waals surface area (Å²) in [5, 5.41) is 22.0. The molecule has 0 saturated heterocycles. The Morgan fingerprint density at radius 3 is 1.51 bits per heavy atom. The van der Waals surface area contributed by atoms with Gasteiger partial charge >= 0.3 is 0 Å². The number of phenols is 2. The van der Waals surface area contributed by atoms with Gasteiger partial charge in [0.05, 0.1) is 0 Å².